The van der Waals surface area contributed by atoms with Gasteiger partial charge in [0.25, 0.3) is 0 Å². The molecule has 2 heterocycles. The van der Waals surface area contributed by atoms with Gasteiger partial charge in [-0.05, 0) is 19.3 Å². The third kappa shape index (κ3) is 2.29. The fourth-order valence-electron chi connectivity index (χ4n) is 2.99. The Kier molecular flexibility index (Phi) is 3.47. The molecule has 0 aliphatic carbocycles. The summed E-state index contributed by atoms with van der Waals surface area (Å²) in [4.78, 5) is 26.5. The number of aliphatic hydroxyl groups excluding tert-OH is 1. The molecule has 18 heavy (non-hydrogen) atoms. The number of amides is 2. The van der Waals surface area contributed by atoms with Crippen molar-refractivity contribution in [3.8, 4) is 0 Å². The zero-order valence-corrected chi connectivity index (χ0v) is 10.7. The lowest BCUT2D eigenvalue weighted by Gasteiger charge is -2.30. The Morgan fingerprint density at radius 2 is 1.78 bits per heavy atom. The van der Waals surface area contributed by atoms with E-state index in [9.17, 15) is 14.7 Å². The van der Waals surface area contributed by atoms with Gasteiger partial charge in [-0.1, -0.05) is 6.92 Å². The maximum absolute atomic E-state index is 12.3. The van der Waals surface area contributed by atoms with E-state index in [0.29, 0.717) is 12.5 Å². The van der Waals surface area contributed by atoms with Gasteiger partial charge < -0.3 is 20.0 Å². The molecule has 6 heteroatoms. The van der Waals surface area contributed by atoms with Crippen LogP contribution < -0.4 is 0 Å². The number of nitrogens with zero attached hydrogens (tertiary/aromatic N) is 2. The van der Waals surface area contributed by atoms with Crippen molar-refractivity contribution in [1.82, 2.24) is 9.80 Å². The summed E-state index contributed by atoms with van der Waals surface area (Å²) in [6.45, 7) is 4.84. The van der Waals surface area contributed by atoms with Crippen molar-refractivity contribution < 1.29 is 19.8 Å². The second kappa shape index (κ2) is 4.76. The second-order valence-corrected chi connectivity index (χ2v) is 5.52. The van der Waals surface area contributed by atoms with Gasteiger partial charge in [-0.3, -0.25) is 0 Å². The Bertz CT molecular complexity index is 360. The van der Waals surface area contributed by atoms with Crippen LogP contribution in [0.15, 0.2) is 0 Å². The van der Waals surface area contributed by atoms with Gasteiger partial charge in [0.1, 0.15) is 6.04 Å². The number of aliphatic hydroxyl groups is 1. The molecule has 2 N–H and O–H groups in total. The van der Waals surface area contributed by atoms with E-state index in [1.165, 1.54) is 4.90 Å². The van der Waals surface area contributed by atoms with Gasteiger partial charge in [0.15, 0.2) is 0 Å². The first-order valence-corrected chi connectivity index (χ1v) is 6.38. The molecular weight excluding hydrogens is 236 g/mol. The molecule has 0 saturated carbocycles. The number of β-amino-alcohol motifs (C(OH)–C–C–N with tert-alkyl or cyclic N) is 1. The average molecular weight is 256 g/mol. The van der Waals surface area contributed by atoms with Gasteiger partial charge in [0.05, 0.1) is 6.10 Å². The summed E-state index contributed by atoms with van der Waals surface area (Å²) in [5.41, 5.74) is 0. The van der Waals surface area contributed by atoms with Crippen LogP contribution in [0.3, 0.4) is 0 Å². The highest BCUT2D eigenvalue weighted by Crippen LogP contribution is 2.27. The zero-order chi connectivity index (χ0) is 13.4. The number of urea groups is 1. The average Bonchev–Trinajstić information content (AvgIpc) is 2.81. The number of carboxylic acids is 1. The van der Waals surface area contributed by atoms with E-state index < -0.39 is 18.1 Å². The van der Waals surface area contributed by atoms with E-state index in [4.69, 9.17) is 5.11 Å². The van der Waals surface area contributed by atoms with Crippen molar-refractivity contribution >= 4 is 12.0 Å². The molecule has 0 radical (unpaired) electrons. The fourth-order valence-corrected chi connectivity index (χ4v) is 2.99. The lowest BCUT2D eigenvalue weighted by Crippen LogP contribution is -2.49. The van der Waals surface area contributed by atoms with Crippen LogP contribution in [-0.2, 0) is 4.79 Å². The van der Waals surface area contributed by atoms with Gasteiger partial charge in [-0.2, -0.15) is 0 Å². The molecule has 2 rings (SSSR count). The predicted octanol–water partition coefficient (Wildman–Crippen LogP) is 0.356. The Morgan fingerprint density at radius 1 is 1.11 bits per heavy atom. The Morgan fingerprint density at radius 3 is 2.28 bits per heavy atom. The normalized spacial score (nSPS) is 36.2. The van der Waals surface area contributed by atoms with Crippen molar-refractivity contribution in [3.63, 3.8) is 0 Å². The van der Waals surface area contributed by atoms with E-state index in [-0.39, 0.29) is 25.0 Å². The molecule has 0 aromatic heterocycles. The van der Waals surface area contributed by atoms with Gasteiger partial charge in [-0.15, -0.1) is 0 Å². The summed E-state index contributed by atoms with van der Waals surface area (Å²) in [5, 5.41) is 18.6. The van der Waals surface area contributed by atoms with Crippen LogP contribution in [0.4, 0.5) is 4.79 Å². The van der Waals surface area contributed by atoms with Crippen LogP contribution in [0.25, 0.3) is 0 Å². The highest BCUT2D eigenvalue weighted by atomic mass is 16.4. The first-order valence-electron chi connectivity index (χ1n) is 6.38. The van der Waals surface area contributed by atoms with E-state index in [1.54, 1.807) is 4.90 Å². The summed E-state index contributed by atoms with van der Waals surface area (Å²) in [6.07, 6.45) is 0.337. The lowest BCUT2D eigenvalue weighted by atomic mass is 10.1. The van der Waals surface area contributed by atoms with Crippen LogP contribution in [0.1, 0.15) is 26.7 Å². The van der Waals surface area contributed by atoms with Crippen molar-refractivity contribution in [1.29, 1.82) is 0 Å². The largest absolute Gasteiger partial charge is 0.480 e. The summed E-state index contributed by atoms with van der Waals surface area (Å²) in [5.74, 6) is -0.598. The van der Waals surface area contributed by atoms with Gasteiger partial charge in [0.2, 0.25) is 0 Å². The van der Waals surface area contributed by atoms with E-state index in [1.807, 2.05) is 6.92 Å². The molecule has 2 saturated heterocycles. The number of carbonyl (C=O) groups excluding carboxylic acids is 1. The van der Waals surface area contributed by atoms with Crippen LogP contribution in [0.5, 0.6) is 0 Å². The first-order chi connectivity index (χ1) is 8.40. The summed E-state index contributed by atoms with van der Waals surface area (Å²) in [7, 11) is 0. The minimum Gasteiger partial charge on any atom is -0.480 e. The maximum atomic E-state index is 12.3. The van der Waals surface area contributed by atoms with Crippen LogP contribution in [0, 0.1) is 5.92 Å². The molecule has 0 aromatic rings. The Labute approximate surface area is 106 Å². The smallest absolute Gasteiger partial charge is 0.326 e. The number of likely N-dealkylation sites (tertiary alicyclic amines) is 2. The molecular formula is C12H20N2O4. The number of aliphatic carboxylic acids is 1. The third-order valence-electron chi connectivity index (χ3n) is 3.84. The molecule has 0 aromatic carbocycles. The molecule has 2 amide bonds. The van der Waals surface area contributed by atoms with Crippen LogP contribution >= 0.6 is 0 Å². The first kappa shape index (κ1) is 13.1. The summed E-state index contributed by atoms with van der Waals surface area (Å²) in [6, 6.07) is -1.01. The maximum Gasteiger partial charge on any atom is 0.326 e. The second-order valence-electron chi connectivity index (χ2n) is 5.52. The van der Waals surface area contributed by atoms with Crippen molar-refractivity contribution in [2.75, 3.05) is 13.1 Å². The SMILES string of the molecule is CC1CC(C)N(C(=O)N2C[C@@H](O)C[C@H]2C(=O)O)C1. The van der Waals surface area contributed by atoms with E-state index in [0.717, 1.165) is 6.42 Å². The van der Waals surface area contributed by atoms with E-state index >= 15 is 0 Å². The Balaban J connectivity index is 2.10. The molecule has 2 unspecified atom stereocenters. The molecule has 2 aliphatic heterocycles. The predicted molar refractivity (Wildman–Crippen MR) is 64.1 cm³/mol. The van der Waals surface area contributed by atoms with E-state index in [2.05, 4.69) is 6.92 Å². The minimum absolute atomic E-state index is 0.118. The Hall–Kier alpha value is -1.30. The van der Waals surface area contributed by atoms with Gasteiger partial charge in [0, 0.05) is 25.6 Å². The topological polar surface area (TPSA) is 81.1 Å². The molecule has 4 atom stereocenters. The highest BCUT2D eigenvalue weighted by Gasteiger charge is 2.42. The molecule has 102 valence electrons. The van der Waals surface area contributed by atoms with Gasteiger partial charge >= 0.3 is 12.0 Å². The van der Waals surface area contributed by atoms with Crippen molar-refractivity contribution in [3.05, 3.63) is 0 Å². The molecule has 0 spiro atoms. The fraction of sp³-hybridized carbons (Fsp3) is 0.833. The molecule has 2 aliphatic rings. The molecule has 2 fully saturated rings. The van der Waals surface area contributed by atoms with Crippen LogP contribution in [-0.4, -0.2) is 63.3 Å². The summed E-state index contributed by atoms with van der Waals surface area (Å²) >= 11 is 0. The standard InChI is InChI=1S/C12H20N2O4/c1-7-3-8(2)13(5-7)12(18)14-6-9(15)4-10(14)11(16)17/h7-10,15H,3-6H2,1-2H3,(H,16,17)/t7?,8?,9-,10-/m0/s1. The molecule has 6 nitrogen and oxygen atoms in total. The van der Waals surface area contributed by atoms with Crippen molar-refractivity contribution in [2.24, 2.45) is 5.92 Å². The third-order valence-corrected chi connectivity index (χ3v) is 3.84. The number of carbonyl (C=O) groups is 2. The minimum atomic E-state index is -1.04. The van der Waals surface area contributed by atoms with Gasteiger partial charge in [-0.25, -0.2) is 9.59 Å². The lowest BCUT2D eigenvalue weighted by molar-refractivity contribution is -0.141. The quantitative estimate of drug-likeness (QED) is 0.709. The highest BCUT2D eigenvalue weighted by molar-refractivity contribution is 5.83. The number of carboxylic acid groups (broad SMARTS) is 1. The van der Waals surface area contributed by atoms with Crippen LogP contribution in [0.2, 0.25) is 0 Å². The molecule has 0 bridgehead atoms. The number of hydrogen-bond donors (Lipinski definition) is 2. The zero-order valence-electron chi connectivity index (χ0n) is 10.7. The number of hydrogen-bond acceptors (Lipinski definition) is 3. The monoisotopic (exact) mass is 256 g/mol. The summed E-state index contributed by atoms with van der Waals surface area (Å²) < 4.78 is 0. The number of rotatable bonds is 1. The van der Waals surface area contributed by atoms with Crippen molar-refractivity contribution in [2.45, 2.75) is 44.9 Å².